The minimum atomic E-state index is -4.48. The van der Waals surface area contributed by atoms with Crippen molar-refractivity contribution < 1.29 is 22.0 Å². The zero-order valence-electron chi connectivity index (χ0n) is 15.2. The average molecular weight is 395 g/mol. The molecule has 1 aliphatic heterocycles. The standard InChI is InChI=1S/C20H18F5N3/c1-27-6-5-17-15(11-27)14-8-13(21)9-16(22)19(14)28(17)7-4-12-2-3-18(26-10-12)20(23,24)25/h2-3,8-10H,4-7,11H2,1H3. The number of alkyl halides is 3. The van der Waals surface area contributed by atoms with Crippen LogP contribution in [0.2, 0.25) is 0 Å². The van der Waals surface area contributed by atoms with Crippen LogP contribution in [0.1, 0.15) is 22.5 Å². The summed E-state index contributed by atoms with van der Waals surface area (Å²) >= 11 is 0. The van der Waals surface area contributed by atoms with E-state index in [1.54, 1.807) is 0 Å². The first-order chi connectivity index (χ1) is 13.2. The largest absolute Gasteiger partial charge is 0.433 e. The highest BCUT2D eigenvalue weighted by Crippen LogP contribution is 2.33. The number of likely N-dealkylation sites (N-methyl/N-ethyl adjacent to an activating group) is 1. The topological polar surface area (TPSA) is 21.1 Å². The van der Waals surface area contributed by atoms with Gasteiger partial charge in [0.25, 0.3) is 0 Å². The zero-order valence-corrected chi connectivity index (χ0v) is 15.2. The van der Waals surface area contributed by atoms with Gasteiger partial charge in [-0.25, -0.2) is 8.78 Å². The Morgan fingerprint density at radius 2 is 1.93 bits per heavy atom. The van der Waals surface area contributed by atoms with Crippen LogP contribution < -0.4 is 0 Å². The lowest BCUT2D eigenvalue weighted by Gasteiger charge is -2.24. The van der Waals surface area contributed by atoms with Crippen molar-refractivity contribution >= 4 is 10.9 Å². The molecule has 0 atom stereocenters. The lowest BCUT2D eigenvalue weighted by molar-refractivity contribution is -0.141. The van der Waals surface area contributed by atoms with E-state index in [2.05, 4.69) is 9.88 Å². The predicted molar refractivity (Wildman–Crippen MR) is 94.8 cm³/mol. The van der Waals surface area contributed by atoms with E-state index in [1.807, 2.05) is 11.6 Å². The van der Waals surface area contributed by atoms with Gasteiger partial charge in [-0.05, 0) is 36.7 Å². The van der Waals surface area contributed by atoms with E-state index in [0.29, 0.717) is 42.4 Å². The lowest BCUT2D eigenvalue weighted by Crippen LogP contribution is -2.27. The molecule has 8 heteroatoms. The third-order valence-corrected chi connectivity index (χ3v) is 5.19. The average Bonchev–Trinajstić information content (AvgIpc) is 2.93. The van der Waals surface area contributed by atoms with Crippen LogP contribution in [0.5, 0.6) is 0 Å². The minimum absolute atomic E-state index is 0.349. The second-order valence-corrected chi connectivity index (χ2v) is 7.15. The highest BCUT2D eigenvalue weighted by Gasteiger charge is 2.32. The Hall–Kier alpha value is -2.48. The number of hydrogen-bond donors (Lipinski definition) is 0. The number of hydrogen-bond acceptors (Lipinski definition) is 2. The molecule has 3 heterocycles. The van der Waals surface area contributed by atoms with Crippen LogP contribution in [0.3, 0.4) is 0 Å². The van der Waals surface area contributed by atoms with Crippen molar-refractivity contribution in [1.82, 2.24) is 14.5 Å². The SMILES string of the molecule is CN1CCc2c(c3cc(F)cc(F)c3n2CCc2ccc(C(F)(F)F)nc2)C1. The Morgan fingerprint density at radius 1 is 1.14 bits per heavy atom. The summed E-state index contributed by atoms with van der Waals surface area (Å²) in [7, 11) is 1.95. The molecule has 0 radical (unpaired) electrons. The first kappa shape index (κ1) is 18.9. The number of rotatable bonds is 3. The van der Waals surface area contributed by atoms with Crippen LogP contribution in [0.15, 0.2) is 30.5 Å². The van der Waals surface area contributed by atoms with Crippen LogP contribution in [-0.4, -0.2) is 28.0 Å². The van der Waals surface area contributed by atoms with E-state index >= 15 is 0 Å². The second-order valence-electron chi connectivity index (χ2n) is 7.15. The second kappa shape index (κ2) is 6.84. The Morgan fingerprint density at radius 3 is 2.61 bits per heavy atom. The molecule has 0 unspecified atom stereocenters. The number of aryl methyl sites for hydroxylation is 2. The molecule has 0 fully saturated rings. The van der Waals surface area contributed by atoms with Crippen LogP contribution in [0.25, 0.3) is 10.9 Å². The summed E-state index contributed by atoms with van der Waals surface area (Å²) in [6.45, 7) is 1.78. The van der Waals surface area contributed by atoms with Gasteiger partial charge in [-0.3, -0.25) is 4.98 Å². The van der Waals surface area contributed by atoms with E-state index in [9.17, 15) is 22.0 Å². The summed E-state index contributed by atoms with van der Waals surface area (Å²) in [4.78, 5) is 5.57. The fourth-order valence-electron chi connectivity index (χ4n) is 3.86. The van der Waals surface area contributed by atoms with Gasteiger partial charge in [0.15, 0.2) is 0 Å². The van der Waals surface area contributed by atoms with E-state index < -0.39 is 23.5 Å². The maximum Gasteiger partial charge on any atom is 0.433 e. The summed E-state index contributed by atoms with van der Waals surface area (Å²) in [5, 5.41) is 0.560. The maximum atomic E-state index is 14.6. The Balaban J connectivity index is 1.69. The van der Waals surface area contributed by atoms with Crippen LogP contribution >= 0.6 is 0 Å². The molecule has 2 aromatic heterocycles. The van der Waals surface area contributed by atoms with Crippen LogP contribution in [0, 0.1) is 11.6 Å². The molecule has 1 aliphatic rings. The summed E-state index contributed by atoms with van der Waals surface area (Å²) in [5.41, 5.74) is 1.90. The van der Waals surface area contributed by atoms with Crippen molar-refractivity contribution in [2.45, 2.75) is 32.1 Å². The van der Waals surface area contributed by atoms with Gasteiger partial charge in [0.05, 0.1) is 5.52 Å². The molecule has 3 nitrogen and oxygen atoms in total. The molecule has 28 heavy (non-hydrogen) atoms. The van der Waals surface area contributed by atoms with Gasteiger partial charge in [0.1, 0.15) is 17.3 Å². The third-order valence-electron chi connectivity index (χ3n) is 5.19. The van der Waals surface area contributed by atoms with Gasteiger partial charge < -0.3 is 9.47 Å². The highest BCUT2D eigenvalue weighted by atomic mass is 19.4. The van der Waals surface area contributed by atoms with Crippen molar-refractivity contribution in [2.75, 3.05) is 13.6 Å². The van der Waals surface area contributed by atoms with E-state index in [1.165, 1.54) is 18.3 Å². The molecule has 0 saturated heterocycles. The molecule has 0 spiro atoms. The molecular weight excluding hydrogens is 377 g/mol. The summed E-state index contributed by atoms with van der Waals surface area (Å²) in [5.74, 6) is -1.25. The minimum Gasteiger partial charge on any atom is -0.342 e. The molecule has 1 aromatic carbocycles. The van der Waals surface area contributed by atoms with Crippen molar-refractivity contribution in [1.29, 1.82) is 0 Å². The van der Waals surface area contributed by atoms with Crippen LogP contribution in [0.4, 0.5) is 22.0 Å². The normalized spacial score (nSPS) is 15.2. The van der Waals surface area contributed by atoms with Crippen molar-refractivity contribution in [3.05, 3.63) is 64.6 Å². The number of fused-ring (bicyclic) bond motifs is 3. The predicted octanol–water partition coefficient (Wildman–Crippen LogP) is 4.56. The molecule has 0 saturated carbocycles. The molecule has 0 bridgehead atoms. The summed E-state index contributed by atoms with van der Waals surface area (Å²) < 4.78 is 68.2. The van der Waals surface area contributed by atoms with Gasteiger partial charge in [-0.15, -0.1) is 0 Å². The maximum absolute atomic E-state index is 14.6. The quantitative estimate of drug-likeness (QED) is 0.606. The lowest BCUT2D eigenvalue weighted by atomic mass is 10.0. The molecule has 4 rings (SSSR count). The van der Waals surface area contributed by atoms with Gasteiger partial charge in [0, 0.05) is 49.4 Å². The molecule has 3 aromatic rings. The number of nitrogens with zero attached hydrogens (tertiary/aromatic N) is 3. The smallest absolute Gasteiger partial charge is 0.342 e. The Labute approximate surface area is 158 Å². The van der Waals surface area contributed by atoms with Crippen molar-refractivity contribution in [3.63, 3.8) is 0 Å². The van der Waals surface area contributed by atoms with E-state index in [-0.39, 0.29) is 0 Å². The van der Waals surface area contributed by atoms with Gasteiger partial charge in [0.2, 0.25) is 0 Å². The van der Waals surface area contributed by atoms with E-state index in [0.717, 1.165) is 29.9 Å². The fraction of sp³-hybridized carbons (Fsp3) is 0.350. The third kappa shape index (κ3) is 3.37. The number of halogens is 5. The van der Waals surface area contributed by atoms with Crippen molar-refractivity contribution in [2.24, 2.45) is 0 Å². The highest BCUT2D eigenvalue weighted by molar-refractivity contribution is 5.86. The Bertz CT molecular complexity index is 1020. The zero-order chi connectivity index (χ0) is 20.1. The van der Waals surface area contributed by atoms with Crippen LogP contribution in [-0.2, 0) is 32.1 Å². The number of pyridine rings is 1. The van der Waals surface area contributed by atoms with Gasteiger partial charge in [-0.2, -0.15) is 13.2 Å². The summed E-state index contributed by atoms with van der Waals surface area (Å²) in [6, 6.07) is 4.56. The molecular formula is C20H18F5N3. The monoisotopic (exact) mass is 395 g/mol. The van der Waals surface area contributed by atoms with Gasteiger partial charge in [-0.1, -0.05) is 6.07 Å². The first-order valence-corrected chi connectivity index (χ1v) is 8.93. The van der Waals surface area contributed by atoms with E-state index in [4.69, 9.17) is 0 Å². The molecule has 0 N–H and O–H groups in total. The van der Waals surface area contributed by atoms with Crippen molar-refractivity contribution in [3.8, 4) is 0 Å². The molecule has 0 amide bonds. The fourth-order valence-corrected chi connectivity index (χ4v) is 3.86. The van der Waals surface area contributed by atoms with Gasteiger partial charge >= 0.3 is 6.18 Å². The summed E-state index contributed by atoms with van der Waals surface area (Å²) in [6.07, 6.45) is -2.18. The first-order valence-electron chi connectivity index (χ1n) is 8.93. The number of aromatic nitrogens is 2. The number of benzene rings is 1. The molecule has 148 valence electrons. The molecule has 0 aliphatic carbocycles. The Kier molecular flexibility index (Phi) is 4.61.